The average molecular weight is 300 g/mol. The van der Waals surface area contributed by atoms with Gasteiger partial charge in [0.05, 0.1) is 6.61 Å². The van der Waals surface area contributed by atoms with E-state index in [1.165, 1.54) is 0 Å². The number of H-pyrrole nitrogens is 1. The van der Waals surface area contributed by atoms with Crippen LogP contribution in [0.4, 0.5) is 0 Å². The summed E-state index contributed by atoms with van der Waals surface area (Å²) < 4.78 is 5.35. The van der Waals surface area contributed by atoms with Crippen LogP contribution in [0.1, 0.15) is 30.2 Å². The van der Waals surface area contributed by atoms with Gasteiger partial charge in [-0.3, -0.25) is 9.89 Å². The molecular formula is C16H20N4O2. The zero-order valence-electron chi connectivity index (χ0n) is 12.7. The third-order valence-electron chi connectivity index (χ3n) is 3.13. The third-order valence-corrected chi connectivity index (χ3v) is 3.13. The lowest BCUT2D eigenvalue weighted by atomic mass is 10.1. The molecule has 6 nitrogen and oxygen atoms in total. The van der Waals surface area contributed by atoms with E-state index >= 15 is 0 Å². The molecule has 0 spiro atoms. The number of aryl methyl sites for hydroxylation is 1. The number of amides is 1. The Balaban J connectivity index is 2.19. The molecule has 0 saturated heterocycles. The van der Waals surface area contributed by atoms with E-state index < -0.39 is 12.1 Å². The van der Waals surface area contributed by atoms with Gasteiger partial charge in [-0.05, 0) is 19.4 Å². The number of carbonyl (C=O) groups excluding carboxylic acids is 1. The SMILES string of the molecule is C=CCO[C@@H](C)C(=O)N[C@@H](c1ccccc1)c1n[nH]c(C)n1. The Bertz CT molecular complexity index is 624. The molecule has 1 aromatic carbocycles. The Labute approximate surface area is 129 Å². The molecule has 6 heteroatoms. The summed E-state index contributed by atoms with van der Waals surface area (Å²) in [6.07, 6.45) is 1.03. The molecule has 1 amide bonds. The molecular weight excluding hydrogens is 280 g/mol. The molecule has 2 aromatic rings. The van der Waals surface area contributed by atoms with Crippen LogP contribution in [0.3, 0.4) is 0 Å². The van der Waals surface area contributed by atoms with Gasteiger partial charge in [-0.2, -0.15) is 5.10 Å². The minimum absolute atomic E-state index is 0.224. The zero-order valence-corrected chi connectivity index (χ0v) is 12.7. The second-order valence-electron chi connectivity index (χ2n) is 4.90. The molecule has 2 N–H and O–H groups in total. The summed E-state index contributed by atoms with van der Waals surface area (Å²) >= 11 is 0. The van der Waals surface area contributed by atoms with Crippen LogP contribution in [0.15, 0.2) is 43.0 Å². The van der Waals surface area contributed by atoms with Crippen LogP contribution in [0.5, 0.6) is 0 Å². The average Bonchev–Trinajstić information content (AvgIpc) is 2.97. The molecule has 0 fully saturated rings. The summed E-state index contributed by atoms with van der Waals surface area (Å²) in [7, 11) is 0. The van der Waals surface area contributed by atoms with Gasteiger partial charge in [0.2, 0.25) is 5.91 Å². The standard InChI is InChI=1S/C16H20N4O2/c1-4-10-22-11(2)16(21)18-14(13-8-6-5-7-9-13)15-17-12(3)19-20-15/h4-9,11,14H,1,10H2,2-3H3,(H,18,21)(H,17,19,20)/t11-,14-/m0/s1. The van der Waals surface area contributed by atoms with Gasteiger partial charge in [-0.25, -0.2) is 4.98 Å². The monoisotopic (exact) mass is 300 g/mol. The Kier molecular flexibility index (Phi) is 5.43. The van der Waals surface area contributed by atoms with Crippen LogP contribution in [0.25, 0.3) is 0 Å². The first-order valence-electron chi connectivity index (χ1n) is 7.08. The maximum absolute atomic E-state index is 12.3. The molecule has 1 heterocycles. The number of nitrogens with zero attached hydrogens (tertiary/aromatic N) is 2. The Hall–Kier alpha value is -2.47. The lowest BCUT2D eigenvalue weighted by Crippen LogP contribution is -2.38. The maximum atomic E-state index is 12.3. The highest BCUT2D eigenvalue weighted by Gasteiger charge is 2.23. The lowest BCUT2D eigenvalue weighted by Gasteiger charge is -2.19. The largest absolute Gasteiger partial charge is 0.365 e. The van der Waals surface area contributed by atoms with Crippen molar-refractivity contribution >= 4 is 5.91 Å². The molecule has 0 aliphatic heterocycles. The van der Waals surface area contributed by atoms with E-state index in [0.717, 1.165) is 5.56 Å². The van der Waals surface area contributed by atoms with Crippen molar-refractivity contribution in [1.82, 2.24) is 20.5 Å². The Morgan fingerprint density at radius 2 is 2.18 bits per heavy atom. The lowest BCUT2D eigenvalue weighted by molar-refractivity contribution is -0.131. The highest BCUT2D eigenvalue weighted by molar-refractivity contribution is 5.81. The fourth-order valence-electron chi connectivity index (χ4n) is 1.98. The van der Waals surface area contributed by atoms with Crippen molar-refractivity contribution < 1.29 is 9.53 Å². The number of aromatic amines is 1. The van der Waals surface area contributed by atoms with Gasteiger partial charge in [0.15, 0.2) is 5.82 Å². The van der Waals surface area contributed by atoms with Crippen molar-refractivity contribution in [2.24, 2.45) is 0 Å². The predicted molar refractivity (Wildman–Crippen MR) is 83.2 cm³/mol. The fourth-order valence-corrected chi connectivity index (χ4v) is 1.98. The van der Waals surface area contributed by atoms with Gasteiger partial charge in [0.1, 0.15) is 18.0 Å². The maximum Gasteiger partial charge on any atom is 0.249 e. The van der Waals surface area contributed by atoms with E-state index in [2.05, 4.69) is 27.1 Å². The smallest absolute Gasteiger partial charge is 0.249 e. The highest BCUT2D eigenvalue weighted by Crippen LogP contribution is 2.19. The quantitative estimate of drug-likeness (QED) is 0.766. The number of benzene rings is 1. The van der Waals surface area contributed by atoms with E-state index in [9.17, 15) is 4.79 Å². The van der Waals surface area contributed by atoms with Crippen LogP contribution in [0.2, 0.25) is 0 Å². The van der Waals surface area contributed by atoms with Gasteiger partial charge in [0.25, 0.3) is 0 Å². The van der Waals surface area contributed by atoms with Crippen LogP contribution in [-0.4, -0.2) is 33.8 Å². The second kappa shape index (κ2) is 7.51. The summed E-state index contributed by atoms with van der Waals surface area (Å²) in [5, 5.41) is 9.89. The number of rotatable bonds is 7. The van der Waals surface area contributed by atoms with Crippen LogP contribution in [-0.2, 0) is 9.53 Å². The van der Waals surface area contributed by atoms with Crippen molar-refractivity contribution in [2.45, 2.75) is 26.0 Å². The van der Waals surface area contributed by atoms with Crippen molar-refractivity contribution in [3.63, 3.8) is 0 Å². The normalized spacial score (nSPS) is 13.4. The summed E-state index contributed by atoms with van der Waals surface area (Å²) in [4.78, 5) is 16.6. The van der Waals surface area contributed by atoms with Crippen molar-refractivity contribution in [3.8, 4) is 0 Å². The van der Waals surface area contributed by atoms with Gasteiger partial charge < -0.3 is 10.1 Å². The van der Waals surface area contributed by atoms with E-state index in [4.69, 9.17) is 4.74 Å². The summed E-state index contributed by atoms with van der Waals surface area (Å²) in [6.45, 7) is 7.41. The number of hydrogen-bond acceptors (Lipinski definition) is 4. The van der Waals surface area contributed by atoms with Gasteiger partial charge in [-0.1, -0.05) is 36.4 Å². The molecule has 2 rings (SSSR count). The molecule has 22 heavy (non-hydrogen) atoms. The predicted octanol–water partition coefficient (Wildman–Crippen LogP) is 1.91. The number of aromatic nitrogens is 3. The third kappa shape index (κ3) is 4.02. The van der Waals surface area contributed by atoms with E-state index in [0.29, 0.717) is 18.3 Å². The van der Waals surface area contributed by atoms with Gasteiger partial charge in [-0.15, -0.1) is 6.58 Å². The van der Waals surface area contributed by atoms with E-state index in [1.807, 2.05) is 37.3 Å². The molecule has 2 atom stereocenters. The fraction of sp³-hybridized carbons (Fsp3) is 0.312. The zero-order chi connectivity index (χ0) is 15.9. The summed E-state index contributed by atoms with van der Waals surface area (Å²) in [6, 6.07) is 9.16. The topological polar surface area (TPSA) is 79.9 Å². The Morgan fingerprint density at radius 3 is 2.77 bits per heavy atom. The molecule has 0 saturated carbocycles. The first-order chi connectivity index (χ1) is 10.6. The number of nitrogens with one attached hydrogen (secondary N) is 2. The van der Waals surface area contributed by atoms with E-state index in [-0.39, 0.29) is 5.91 Å². The van der Waals surface area contributed by atoms with E-state index in [1.54, 1.807) is 13.0 Å². The molecule has 0 aliphatic carbocycles. The highest BCUT2D eigenvalue weighted by atomic mass is 16.5. The van der Waals surface area contributed by atoms with Crippen LogP contribution in [0, 0.1) is 6.92 Å². The van der Waals surface area contributed by atoms with Crippen LogP contribution < -0.4 is 5.32 Å². The van der Waals surface area contributed by atoms with Gasteiger partial charge >= 0.3 is 0 Å². The number of hydrogen-bond donors (Lipinski definition) is 2. The van der Waals surface area contributed by atoms with Crippen molar-refractivity contribution in [1.29, 1.82) is 0 Å². The minimum atomic E-state index is -0.579. The Morgan fingerprint density at radius 1 is 1.45 bits per heavy atom. The molecule has 1 aromatic heterocycles. The van der Waals surface area contributed by atoms with Crippen molar-refractivity contribution in [2.75, 3.05) is 6.61 Å². The summed E-state index contributed by atoms with van der Waals surface area (Å²) in [5.74, 6) is 0.993. The molecule has 116 valence electrons. The van der Waals surface area contributed by atoms with Crippen LogP contribution >= 0.6 is 0 Å². The minimum Gasteiger partial charge on any atom is -0.365 e. The second-order valence-corrected chi connectivity index (χ2v) is 4.90. The number of carbonyl (C=O) groups is 1. The van der Waals surface area contributed by atoms with Gasteiger partial charge in [0, 0.05) is 0 Å². The molecule has 0 radical (unpaired) electrons. The molecule has 0 unspecified atom stereocenters. The summed E-state index contributed by atoms with van der Waals surface area (Å²) in [5.41, 5.74) is 0.908. The molecule has 0 aliphatic rings. The first-order valence-corrected chi connectivity index (χ1v) is 7.08. The molecule has 0 bridgehead atoms. The first kappa shape index (κ1) is 15.9. The number of ether oxygens (including phenoxy) is 1. The van der Waals surface area contributed by atoms with Crippen molar-refractivity contribution in [3.05, 3.63) is 60.2 Å².